The second-order valence-electron chi connectivity index (χ2n) is 5.79. The molecule has 0 saturated carbocycles. The van der Waals surface area contributed by atoms with Crippen LogP contribution in [0.2, 0.25) is 0 Å². The van der Waals surface area contributed by atoms with Gasteiger partial charge in [0, 0.05) is 44.2 Å². The zero-order chi connectivity index (χ0) is 16.4. The van der Waals surface area contributed by atoms with Crippen LogP contribution in [0.15, 0.2) is 34.4 Å². The molecule has 4 heterocycles. The Labute approximate surface area is 142 Å². The van der Waals surface area contributed by atoms with Crippen LogP contribution in [0.5, 0.6) is 0 Å². The lowest BCUT2D eigenvalue weighted by Crippen LogP contribution is -2.41. The van der Waals surface area contributed by atoms with Gasteiger partial charge in [-0.3, -0.25) is 4.79 Å². The van der Waals surface area contributed by atoms with Crippen molar-refractivity contribution in [1.29, 1.82) is 0 Å². The quantitative estimate of drug-likeness (QED) is 0.766. The van der Waals surface area contributed by atoms with E-state index in [1.54, 1.807) is 17.5 Å². The van der Waals surface area contributed by atoms with Crippen molar-refractivity contribution in [2.24, 2.45) is 0 Å². The first-order valence-electron chi connectivity index (χ1n) is 7.94. The zero-order valence-electron chi connectivity index (χ0n) is 13.0. The standard InChI is InChI=1S/C16H17N5O2S/c22-14(18-11-3-4-13-17-7-8-21(13)10-11)5-6-15-19-16(20-23-15)12-2-1-9-24-12/h1-2,7-9,11H,3-6,10H2,(H,18,22)/t11-/m0/s1. The fraction of sp³-hybridized carbons (Fsp3) is 0.375. The maximum atomic E-state index is 12.1. The van der Waals surface area contributed by atoms with Gasteiger partial charge in [0.1, 0.15) is 5.82 Å². The molecule has 0 fully saturated rings. The van der Waals surface area contributed by atoms with Gasteiger partial charge in [0.05, 0.1) is 4.88 Å². The molecule has 124 valence electrons. The second kappa shape index (κ2) is 6.56. The lowest BCUT2D eigenvalue weighted by Gasteiger charge is -2.24. The highest BCUT2D eigenvalue weighted by Gasteiger charge is 2.20. The summed E-state index contributed by atoms with van der Waals surface area (Å²) in [5, 5.41) is 9.00. The molecule has 1 aliphatic rings. The summed E-state index contributed by atoms with van der Waals surface area (Å²) in [6, 6.07) is 4.04. The van der Waals surface area contributed by atoms with Crippen LogP contribution < -0.4 is 5.32 Å². The van der Waals surface area contributed by atoms with Crippen molar-refractivity contribution in [2.75, 3.05) is 0 Å². The molecular weight excluding hydrogens is 326 g/mol. The first-order chi connectivity index (χ1) is 11.8. The molecule has 7 nitrogen and oxygen atoms in total. The highest BCUT2D eigenvalue weighted by Crippen LogP contribution is 2.21. The fourth-order valence-electron chi connectivity index (χ4n) is 2.87. The molecule has 1 amide bonds. The second-order valence-corrected chi connectivity index (χ2v) is 6.74. The van der Waals surface area contributed by atoms with Crippen molar-refractivity contribution >= 4 is 17.2 Å². The molecule has 0 saturated heterocycles. The molecule has 4 rings (SSSR count). The number of hydrogen-bond donors (Lipinski definition) is 1. The van der Waals surface area contributed by atoms with Gasteiger partial charge in [-0.2, -0.15) is 4.98 Å². The van der Waals surface area contributed by atoms with E-state index in [0.29, 0.717) is 24.6 Å². The van der Waals surface area contributed by atoms with Gasteiger partial charge < -0.3 is 14.4 Å². The average molecular weight is 343 g/mol. The van der Waals surface area contributed by atoms with Crippen LogP contribution >= 0.6 is 11.3 Å². The van der Waals surface area contributed by atoms with Crippen molar-refractivity contribution in [3.8, 4) is 10.7 Å². The largest absolute Gasteiger partial charge is 0.352 e. The number of thiophene rings is 1. The minimum Gasteiger partial charge on any atom is -0.352 e. The molecule has 1 aliphatic heterocycles. The number of aryl methyl sites for hydroxylation is 2. The van der Waals surface area contributed by atoms with Crippen molar-refractivity contribution in [3.05, 3.63) is 41.6 Å². The number of carbonyl (C=O) groups excluding carboxylic acids is 1. The van der Waals surface area contributed by atoms with E-state index in [1.165, 1.54) is 0 Å². The number of amides is 1. The van der Waals surface area contributed by atoms with Gasteiger partial charge in [-0.1, -0.05) is 11.2 Å². The van der Waals surface area contributed by atoms with E-state index in [0.717, 1.165) is 30.1 Å². The minimum absolute atomic E-state index is 0.0134. The van der Waals surface area contributed by atoms with Crippen molar-refractivity contribution < 1.29 is 9.32 Å². The number of carbonyl (C=O) groups is 1. The maximum Gasteiger partial charge on any atom is 0.227 e. The van der Waals surface area contributed by atoms with E-state index >= 15 is 0 Å². The van der Waals surface area contributed by atoms with Crippen molar-refractivity contribution in [2.45, 2.75) is 38.3 Å². The van der Waals surface area contributed by atoms with Gasteiger partial charge in [-0.15, -0.1) is 11.3 Å². The Kier molecular flexibility index (Phi) is 4.12. The summed E-state index contributed by atoms with van der Waals surface area (Å²) in [6.07, 6.45) is 6.38. The van der Waals surface area contributed by atoms with E-state index < -0.39 is 0 Å². The maximum absolute atomic E-state index is 12.1. The molecule has 1 atom stereocenters. The van der Waals surface area contributed by atoms with Crippen LogP contribution in [0.4, 0.5) is 0 Å². The smallest absolute Gasteiger partial charge is 0.227 e. The molecule has 0 spiro atoms. The van der Waals surface area contributed by atoms with E-state index in [4.69, 9.17) is 4.52 Å². The van der Waals surface area contributed by atoms with E-state index in [2.05, 4.69) is 25.0 Å². The fourth-order valence-corrected chi connectivity index (χ4v) is 3.52. The van der Waals surface area contributed by atoms with Gasteiger partial charge in [-0.25, -0.2) is 4.98 Å². The highest BCUT2D eigenvalue weighted by molar-refractivity contribution is 7.13. The van der Waals surface area contributed by atoms with Gasteiger partial charge in [-0.05, 0) is 17.9 Å². The molecular formula is C16H17N5O2S. The molecule has 3 aromatic rings. The molecule has 0 aromatic carbocycles. The Morgan fingerprint density at radius 3 is 3.33 bits per heavy atom. The molecule has 8 heteroatoms. The van der Waals surface area contributed by atoms with E-state index in [1.807, 2.05) is 23.7 Å². The first-order valence-corrected chi connectivity index (χ1v) is 8.82. The third-order valence-corrected chi connectivity index (χ3v) is 4.94. The number of nitrogens with zero attached hydrogens (tertiary/aromatic N) is 4. The molecule has 3 aromatic heterocycles. The van der Waals surface area contributed by atoms with Gasteiger partial charge in [0.2, 0.25) is 17.6 Å². The summed E-state index contributed by atoms with van der Waals surface area (Å²) in [4.78, 5) is 21.7. The number of aromatic nitrogens is 4. The summed E-state index contributed by atoms with van der Waals surface area (Å²) in [5.41, 5.74) is 0. The highest BCUT2D eigenvalue weighted by atomic mass is 32.1. The number of rotatable bonds is 5. The Morgan fingerprint density at radius 1 is 1.50 bits per heavy atom. The van der Waals surface area contributed by atoms with Crippen LogP contribution in [-0.4, -0.2) is 31.6 Å². The van der Waals surface area contributed by atoms with E-state index in [9.17, 15) is 4.79 Å². The lowest BCUT2D eigenvalue weighted by molar-refractivity contribution is -0.122. The first kappa shape index (κ1) is 15.1. The summed E-state index contributed by atoms with van der Waals surface area (Å²) in [5.74, 6) is 2.18. The van der Waals surface area contributed by atoms with Crippen LogP contribution in [-0.2, 0) is 24.2 Å². The SMILES string of the molecule is O=C(CCc1nc(-c2cccs2)no1)N[C@H]1CCc2nccn2C1. The van der Waals surface area contributed by atoms with Gasteiger partial charge in [0.15, 0.2) is 0 Å². The Hall–Kier alpha value is -2.48. The molecule has 0 radical (unpaired) electrons. The number of hydrogen-bond acceptors (Lipinski definition) is 6. The summed E-state index contributed by atoms with van der Waals surface area (Å²) >= 11 is 1.56. The van der Waals surface area contributed by atoms with Crippen LogP contribution in [0.25, 0.3) is 10.7 Å². The predicted octanol–water partition coefficient (Wildman–Crippen LogP) is 2.06. The third kappa shape index (κ3) is 3.23. The van der Waals surface area contributed by atoms with Crippen molar-refractivity contribution in [1.82, 2.24) is 25.0 Å². The van der Waals surface area contributed by atoms with Crippen LogP contribution in [0.1, 0.15) is 24.6 Å². The summed E-state index contributed by atoms with van der Waals surface area (Å²) < 4.78 is 7.32. The number of nitrogens with one attached hydrogen (secondary N) is 1. The Balaban J connectivity index is 1.28. The molecule has 0 unspecified atom stereocenters. The minimum atomic E-state index is 0.0134. The topological polar surface area (TPSA) is 85.8 Å². The van der Waals surface area contributed by atoms with Gasteiger partial charge in [0.25, 0.3) is 0 Å². The summed E-state index contributed by atoms with van der Waals surface area (Å²) in [6.45, 7) is 0.782. The normalized spacial score (nSPS) is 16.8. The third-order valence-electron chi connectivity index (χ3n) is 4.08. The molecule has 0 bridgehead atoms. The van der Waals surface area contributed by atoms with Crippen LogP contribution in [0.3, 0.4) is 0 Å². The summed E-state index contributed by atoms with van der Waals surface area (Å²) in [7, 11) is 0. The number of fused-ring (bicyclic) bond motifs is 1. The molecule has 0 aliphatic carbocycles. The number of imidazole rings is 1. The molecule has 24 heavy (non-hydrogen) atoms. The van der Waals surface area contributed by atoms with Crippen molar-refractivity contribution in [3.63, 3.8) is 0 Å². The Morgan fingerprint density at radius 2 is 2.46 bits per heavy atom. The zero-order valence-corrected chi connectivity index (χ0v) is 13.8. The monoisotopic (exact) mass is 343 g/mol. The van der Waals surface area contributed by atoms with Gasteiger partial charge >= 0.3 is 0 Å². The lowest BCUT2D eigenvalue weighted by atomic mass is 10.1. The average Bonchev–Trinajstić information content (AvgIpc) is 3.32. The van der Waals surface area contributed by atoms with E-state index in [-0.39, 0.29) is 11.9 Å². The predicted molar refractivity (Wildman–Crippen MR) is 88.4 cm³/mol. The Bertz CT molecular complexity index is 823. The van der Waals surface area contributed by atoms with Crippen LogP contribution in [0, 0.1) is 0 Å². The molecule has 1 N–H and O–H groups in total.